The third-order valence-corrected chi connectivity index (χ3v) is 5.02. The maximum absolute atomic E-state index is 13.0. The normalized spacial score (nSPS) is 22.0. The van der Waals surface area contributed by atoms with Crippen LogP contribution in [0.2, 0.25) is 0 Å². The fraction of sp³-hybridized carbons (Fsp3) is 0.647. The maximum Gasteiger partial charge on any atom is 0.421 e. The highest BCUT2D eigenvalue weighted by Crippen LogP contribution is 2.50. The van der Waals surface area contributed by atoms with E-state index in [0.717, 1.165) is 32.0 Å². The molecule has 0 bridgehead atoms. The predicted octanol–water partition coefficient (Wildman–Crippen LogP) is 2.37. The number of carbonyl (C=O) groups excluding carboxylic acids is 1. The van der Waals surface area contributed by atoms with Crippen molar-refractivity contribution in [3.63, 3.8) is 0 Å². The van der Waals surface area contributed by atoms with Crippen LogP contribution < -0.4 is 15.4 Å². The second-order valence-corrected chi connectivity index (χ2v) is 7.55. The van der Waals surface area contributed by atoms with E-state index >= 15 is 0 Å². The number of pyridine rings is 1. The second kappa shape index (κ2) is 6.16. The van der Waals surface area contributed by atoms with Gasteiger partial charge in [0.2, 0.25) is 11.8 Å². The van der Waals surface area contributed by atoms with Gasteiger partial charge >= 0.3 is 6.18 Å². The molecule has 25 heavy (non-hydrogen) atoms. The molecule has 2 fully saturated rings. The molecule has 3 rings (SSSR count). The lowest BCUT2D eigenvalue weighted by Gasteiger charge is -2.28. The molecule has 138 valence electrons. The molecule has 0 aromatic carbocycles. The maximum atomic E-state index is 13.0. The first-order chi connectivity index (χ1) is 11.6. The summed E-state index contributed by atoms with van der Waals surface area (Å²) in [6.07, 6.45) is -1.14. The van der Waals surface area contributed by atoms with Gasteiger partial charge in [-0.05, 0) is 38.8 Å². The molecule has 8 heteroatoms. The molecule has 1 aliphatic carbocycles. The summed E-state index contributed by atoms with van der Waals surface area (Å²) in [5.41, 5.74) is -1.75. The van der Waals surface area contributed by atoms with Gasteiger partial charge < -0.3 is 15.4 Å². The summed E-state index contributed by atoms with van der Waals surface area (Å²) in [6, 6.07) is 2.19. The molecule has 0 unspecified atom stereocenters. The quantitative estimate of drug-likeness (QED) is 0.849. The van der Waals surface area contributed by atoms with Crippen LogP contribution in [0.3, 0.4) is 0 Å². The number of hydrogen-bond acceptors (Lipinski definition) is 4. The monoisotopic (exact) mass is 357 g/mol. The highest BCUT2D eigenvalue weighted by atomic mass is 19.4. The van der Waals surface area contributed by atoms with Crippen LogP contribution in [0.4, 0.5) is 13.2 Å². The van der Waals surface area contributed by atoms with E-state index in [2.05, 4.69) is 15.6 Å². The van der Waals surface area contributed by atoms with Crippen molar-refractivity contribution in [2.75, 3.05) is 19.7 Å². The van der Waals surface area contributed by atoms with Gasteiger partial charge in [0.15, 0.2) is 0 Å². The number of carbonyl (C=O) groups is 1. The fourth-order valence-corrected chi connectivity index (χ4v) is 3.08. The minimum Gasteiger partial charge on any atom is -0.476 e. The fourth-order valence-electron chi connectivity index (χ4n) is 3.08. The zero-order valence-electron chi connectivity index (χ0n) is 14.2. The van der Waals surface area contributed by atoms with Crippen LogP contribution >= 0.6 is 0 Å². The van der Waals surface area contributed by atoms with Crippen molar-refractivity contribution in [3.8, 4) is 5.88 Å². The van der Waals surface area contributed by atoms with Crippen LogP contribution in [-0.2, 0) is 11.0 Å². The Kier molecular flexibility index (Phi) is 4.43. The van der Waals surface area contributed by atoms with Crippen molar-refractivity contribution in [1.29, 1.82) is 0 Å². The molecule has 1 atom stereocenters. The summed E-state index contributed by atoms with van der Waals surface area (Å²) in [7, 11) is 0. The number of ether oxygens (including phenoxy) is 1. The summed E-state index contributed by atoms with van der Waals surface area (Å²) in [4.78, 5) is 16.2. The van der Waals surface area contributed by atoms with Gasteiger partial charge in [-0.15, -0.1) is 0 Å². The Bertz CT molecular complexity index is 657. The second-order valence-electron chi connectivity index (χ2n) is 7.55. The molecule has 5 nitrogen and oxygen atoms in total. The smallest absolute Gasteiger partial charge is 0.421 e. The number of alkyl halides is 3. The Balaban J connectivity index is 1.63. The van der Waals surface area contributed by atoms with Crippen LogP contribution in [-0.4, -0.2) is 36.6 Å². The lowest BCUT2D eigenvalue weighted by molar-refractivity contribution is -0.139. The first kappa shape index (κ1) is 18.0. The molecule has 1 aliphatic heterocycles. The van der Waals surface area contributed by atoms with E-state index in [9.17, 15) is 18.0 Å². The van der Waals surface area contributed by atoms with Crippen molar-refractivity contribution < 1.29 is 22.7 Å². The van der Waals surface area contributed by atoms with Gasteiger partial charge in [0.05, 0.1) is 5.41 Å². The van der Waals surface area contributed by atoms with E-state index in [1.165, 1.54) is 12.3 Å². The number of hydrogen-bond donors (Lipinski definition) is 2. The van der Waals surface area contributed by atoms with E-state index in [-0.39, 0.29) is 24.0 Å². The van der Waals surface area contributed by atoms with Crippen LogP contribution in [0.15, 0.2) is 18.3 Å². The lowest BCUT2D eigenvalue weighted by Crippen LogP contribution is -2.48. The molecular formula is C17H22F3N3O2. The van der Waals surface area contributed by atoms with E-state index < -0.39 is 23.0 Å². The molecule has 1 aromatic rings. The number of aromatic nitrogens is 1. The molecule has 1 spiro atoms. The Morgan fingerprint density at radius 2 is 2.16 bits per heavy atom. The van der Waals surface area contributed by atoms with Crippen LogP contribution in [0, 0.1) is 10.8 Å². The third kappa shape index (κ3) is 3.73. The number of nitrogens with one attached hydrogen (secondary N) is 2. The van der Waals surface area contributed by atoms with Crippen molar-refractivity contribution in [3.05, 3.63) is 23.9 Å². The molecule has 2 N–H and O–H groups in total. The first-order valence-corrected chi connectivity index (χ1v) is 8.31. The molecular weight excluding hydrogens is 335 g/mol. The van der Waals surface area contributed by atoms with Crippen molar-refractivity contribution in [2.45, 2.75) is 38.9 Å². The zero-order chi connectivity index (χ0) is 18.3. The van der Waals surface area contributed by atoms with E-state index in [1.807, 2.05) is 0 Å². The summed E-state index contributed by atoms with van der Waals surface area (Å²) in [5, 5.41) is 6.31. The Morgan fingerprint density at radius 1 is 1.44 bits per heavy atom. The highest BCUT2D eigenvalue weighted by Gasteiger charge is 2.53. The first-order valence-electron chi connectivity index (χ1n) is 8.31. The van der Waals surface area contributed by atoms with E-state index in [1.54, 1.807) is 13.8 Å². The number of halogens is 3. The van der Waals surface area contributed by atoms with Gasteiger partial charge in [-0.3, -0.25) is 4.79 Å². The van der Waals surface area contributed by atoms with Gasteiger partial charge in [0.1, 0.15) is 12.2 Å². The minimum atomic E-state index is -4.55. The number of rotatable bonds is 5. The average molecular weight is 357 g/mol. The topological polar surface area (TPSA) is 63.2 Å². The SMILES string of the molecule is CC(C)(COc1ncccc1C(F)(F)F)C(=O)N[C@H]1CNCC12CC2. The van der Waals surface area contributed by atoms with E-state index in [0.29, 0.717) is 0 Å². The summed E-state index contributed by atoms with van der Waals surface area (Å²) >= 11 is 0. The molecule has 0 radical (unpaired) electrons. The van der Waals surface area contributed by atoms with Gasteiger partial charge in [-0.25, -0.2) is 4.98 Å². The van der Waals surface area contributed by atoms with Gasteiger partial charge in [-0.1, -0.05) is 0 Å². The van der Waals surface area contributed by atoms with Crippen LogP contribution in [0.25, 0.3) is 0 Å². The number of nitrogens with zero attached hydrogens (tertiary/aromatic N) is 1. The van der Waals surface area contributed by atoms with Crippen LogP contribution in [0.5, 0.6) is 5.88 Å². The number of amides is 1. The third-order valence-electron chi connectivity index (χ3n) is 5.02. The Labute approximate surface area is 144 Å². The predicted molar refractivity (Wildman–Crippen MR) is 85.0 cm³/mol. The summed E-state index contributed by atoms with van der Waals surface area (Å²) in [6.45, 7) is 4.74. The molecule has 2 aliphatic rings. The average Bonchev–Trinajstić information content (AvgIpc) is 3.21. The molecule has 1 saturated carbocycles. The zero-order valence-corrected chi connectivity index (χ0v) is 14.2. The summed E-state index contributed by atoms with van der Waals surface area (Å²) in [5.74, 6) is -0.728. The minimum absolute atomic E-state index is 0.0693. The van der Waals surface area contributed by atoms with E-state index in [4.69, 9.17) is 4.74 Å². The highest BCUT2D eigenvalue weighted by molar-refractivity contribution is 5.82. The van der Waals surface area contributed by atoms with Crippen molar-refractivity contribution in [2.24, 2.45) is 10.8 Å². The Hall–Kier alpha value is -1.83. The summed E-state index contributed by atoms with van der Waals surface area (Å²) < 4.78 is 44.2. The van der Waals surface area contributed by atoms with Gasteiger partial charge in [0.25, 0.3) is 0 Å². The standard InChI is InChI=1S/C17H22F3N3O2/c1-15(2,14(24)23-12-8-21-9-16(12)5-6-16)10-25-13-11(17(18,19)20)4-3-7-22-13/h3-4,7,12,21H,5-6,8-10H2,1-2H3,(H,23,24)/t12-/m0/s1. The van der Waals surface area contributed by atoms with Gasteiger partial charge in [0, 0.05) is 30.7 Å². The lowest BCUT2D eigenvalue weighted by atomic mass is 9.91. The van der Waals surface area contributed by atoms with Crippen molar-refractivity contribution in [1.82, 2.24) is 15.6 Å². The van der Waals surface area contributed by atoms with Crippen LogP contribution in [0.1, 0.15) is 32.3 Å². The largest absolute Gasteiger partial charge is 0.476 e. The Morgan fingerprint density at radius 3 is 2.80 bits per heavy atom. The van der Waals surface area contributed by atoms with Gasteiger partial charge in [-0.2, -0.15) is 13.2 Å². The molecule has 2 heterocycles. The molecule has 1 saturated heterocycles. The molecule has 1 amide bonds. The van der Waals surface area contributed by atoms with Crippen molar-refractivity contribution >= 4 is 5.91 Å². The molecule has 1 aromatic heterocycles.